The van der Waals surface area contributed by atoms with E-state index in [4.69, 9.17) is 4.74 Å². The van der Waals surface area contributed by atoms with Crippen molar-refractivity contribution < 1.29 is 23.0 Å². The van der Waals surface area contributed by atoms with E-state index in [1.165, 1.54) is 0 Å². The molecule has 1 aliphatic heterocycles. The number of rotatable bonds is 2. The summed E-state index contributed by atoms with van der Waals surface area (Å²) in [5, 5.41) is 0. The molecule has 0 N–H and O–H groups in total. The van der Waals surface area contributed by atoms with Crippen molar-refractivity contribution in [3.05, 3.63) is 0 Å². The molecule has 1 saturated heterocycles. The minimum absolute atomic E-state index is 0.0674. The van der Waals surface area contributed by atoms with E-state index in [1.54, 1.807) is 0 Å². The molecule has 0 amide bonds. The van der Waals surface area contributed by atoms with Crippen LogP contribution in [0.1, 0.15) is 12.8 Å². The topological polar surface area (TPSA) is 35.5 Å². The van der Waals surface area contributed by atoms with Crippen LogP contribution in [0.4, 0.5) is 8.78 Å². The van der Waals surface area contributed by atoms with Crippen LogP contribution in [0.25, 0.3) is 0 Å². The van der Waals surface area contributed by atoms with Crippen molar-refractivity contribution in [3.63, 3.8) is 0 Å². The molecule has 0 aromatic rings. The molecule has 3 nitrogen and oxygen atoms in total. The molecule has 1 rings (SSSR count). The van der Waals surface area contributed by atoms with Crippen LogP contribution >= 0.6 is 0 Å². The number of esters is 1. The van der Waals surface area contributed by atoms with Crippen LogP contribution in [0.15, 0.2) is 0 Å². The summed E-state index contributed by atoms with van der Waals surface area (Å²) in [6.07, 6.45) is 0.874. The Kier molecular flexibility index (Phi) is 3.19. The second-order valence-corrected chi connectivity index (χ2v) is 3.03. The molecule has 1 aliphatic rings. The molecule has 0 spiro atoms. The largest absolute Gasteiger partial charge is 0.465 e. The SMILES string of the molecule is COC(=O)C(F)(F)C1CCCOC1. The van der Waals surface area contributed by atoms with Crippen LogP contribution < -0.4 is 0 Å². The normalized spacial score (nSPS) is 24.1. The van der Waals surface area contributed by atoms with Gasteiger partial charge in [-0.2, -0.15) is 8.78 Å². The zero-order valence-corrected chi connectivity index (χ0v) is 7.39. The van der Waals surface area contributed by atoms with Gasteiger partial charge >= 0.3 is 11.9 Å². The third-order valence-corrected chi connectivity index (χ3v) is 2.13. The summed E-state index contributed by atoms with van der Waals surface area (Å²) in [6.45, 7) is 0.426. The van der Waals surface area contributed by atoms with E-state index in [9.17, 15) is 13.6 Å². The summed E-state index contributed by atoms with van der Waals surface area (Å²) in [5.74, 6) is -5.91. The first kappa shape index (κ1) is 10.4. The van der Waals surface area contributed by atoms with Crippen molar-refractivity contribution in [2.45, 2.75) is 18.8 Å². The molecule has 0 aromatic heterocycles. The number of hydrogen-bond donors (Lipinski definition) is 0. The Labute approximate surface area is 75.0 Å². The Balaban J connectivity index is 2.60. The molecule has 1 heterocycles. The summed E-state index contributed by atoms with van der Waals surface area (Å²) in [5.41, 5.74) is 0. The van der Waals surface area contributed by atoms with Gasteiger partial charge in [0, 0.05) is 6.61 Å². The predicted molar refractivity (Wildman–Crippen MR) is 40.5 cm³/mol. The Morgan fingerprint density at radius 3 is 2.77 bits per heavy atom. The maximum Gasteiger partial charge on any atom is 0.377 e. The highest BCUT2D eigenvalue weighted by Crippen LogP contribution is 2.32. The maximum atomic E-state index is 13.1. The van der Waals surface area contributed by atoms with Crippen LogP contribution in [-0.4, -0.2) is 32.2 Å². The third kappa shape index (κ3) is 2.15. The van der Waals surface area contributed by atoms with E-state index in [2.05, 4.69) is 4.74 Å². The number of carbonyl (C=O) groups excluding carboxylic acids is 1. The number of alkyl halides is 2. The van der Waals surface area contributed by atoms with Gasteiger partial charge in [0.2, 0.25) is 0 Å². The third-order valence-electron chi connectivity index (χ3n) is 2.13. The van der Waals surface area contributed by atoms with Crippen molar-refractivity contribution in [2.24, 2.45) is 5.92 Å². The molecule has 0 radical (unpaired) electrons. The number of carbonyl (C=O) groups is 1. The molecule has 13 heavy (non-hydrogen) atoms. The molecule has 0 aromatic carbocycles. The van der Waals surface area contributed by atoms with Gasteiger partial charge in [-0.3, -0.25) is 0 Å². The molecule has 0 saturated carbocycles. The van der Waals surface area contributed by atoms with Gasteiger partial charge < -0.3 is 9.47 Å². The zero-order chi connectivity index (χ0) is 9.90. The highest BCUT2D eigenvalue weighted by atomic mass is 19.3. The molecule has 1 atom stereocenters. The fourth-order valence-corrected chi connectivity index (χ4v) is 1.33. The smallest absolute Gasteiger partial charge is 0.377 e. The van der Waals surface area contributed by atoms with E-state index in [1.807, 2.05) is 0 Å². The molecular weight excluding hydrogens is 182 g/mol. The number of methoxy groups -OCH3 is 1. The van der Waals surface area contributed by atoms with Gasteiger partial charge in [0.15, 0.2) is 0 Å². The molecule has 76 valence electrons. The second kappa shape index (κ2) is 4.00. The monoisotopic (exact) mass is 194 g/mol. The van der Waals surface area contributed by atoms with E-state index in [0.29, 0.717) is 19.4 Å². The summed E-state index contributed by atoms with van der Waals surface area (Å²) in [7, 11) is 0.958. The Bertz CT molecular complexity index is 188. The van der Waals surface area contributed by atoms with Gasteiger partial charge in [0.05, 0.1) is 19.6 Å². The first-order valence-corrected chi connectivity index (χ1v) is 4.13. The van der Waals surface area contributed by atoms with Crippen molar-refractivity contribution >= 4 is 5.97 Å². The summed E-state index contributed by atoms with van der Waals surface area (Å²) < 4.78 is 35.2. The van der Waals surface area contributed by atoms with Crippen LogP contribution in [0.5, 0.6) is 0 Å². The predicted octanol–water partition coefficient (Wildman–Crippen LogP) is 1.22. The molecule has 0 bridgehead atoms. The van der Waals surface area contributed by atoms with Gasteiger partial charge in [0.1, 0.15) is 0 Å². The molecule has 0 aliphatic carbocycles. The van der Waals surface area contributed by atoms with Gasteiger partial charge in [0.25, 0.3) is 0 Å². The van der Waals surface area contributed by atoms with Crippen LogP contribution in [0.2, 0.25) is 0 Å². The van der Waals surface area contributed by atoms with Gasteiger partial charge in [-0.25, -0.2) is 4.79 Å². The van der Waals surface area contributed by atoms with Crippen LogP contribution in [0, 0.1) is 5.92 Å². The first-order chi connectivity index (χ1) is 6.09. The van der Waals surface area contributed by atoms with E-state index in [0.717, 1.165) is 7.11 Å². The first-order valence-electron chi connectivity index (χ1n) is 4.13. The minimum atomic E-state index is -3.41. The van der Waals surface area contributed by atoms with Crippen molar-refractivity contribution in [3.8, 4) is 0 Å². The molecular formula is C8H12F2O3. The highest BCUT2D eigenvalue weighted by molar-refractivity contribution is 5.77. The molecule has 1 fully saturated rings. The number of ether oxygens (including phenoxy) is 2. The standard InChI is InChI=1S/C8H12F2O3/c1-12-7(11)8(9,10)6-3-2-4-13-5-6/h6H,2-5H2,1H3. The zero-order valence-electron chi connectivity index (χ0n) is 7.39. The Morgan fingerprint density at radius 1 is 1.62 bits per heavy atom. The lowest BCUT2D eigenvalue weighted by Crippen LogP contribution is -2.42. The quantitative estimate of drug-likeness (QED) is 0.620. The average molecular weight is 194 g/mol. The Morgan fingerprint density at radius 2 is 2.31 bits per heavy atom. The van der Waals surface area contributed by atoms with Crippen LogP contribution in [0.3, 0.4) is 0 Å². The number of halogens is 2. The summed E-state index contributed by atoms with van der Waals surface area (Å²) in [6, 6.07) is 0. The van der Waals surface area contributed by atoms with Gasteiger partial charge in [-0.1, -0.05) is 0 Å². The lowest BCUT2D eigenvalue weighted by molar-refractivity contribution is -0.184. The van der Waals surface area contributed by atoms with Crippen molar-refractivity contribution in [2.75, 3.05) is 20.3 Å². The lowest BCUT2D eigenvalue weighted by Gasteiger charge is -2.27. The van der Waals surface area contributed by atoms with Crippen molar-refractivity contribution in [1.82, 2.24) is 0 Å². The summed E-state index contributed by atoms with van der Waals surface area (Å²) >= 11 is 0. The molecule has 1 unspecified atom stereocenters. The van der Waals surface area contributed by atoms with E-state index in [-0.39, 0.29) is 6.61 Å². The maximum absolute atomic E-state index is 13.1. The average Bonchev–Trinajstić information content (AvgIpc) is 2.18. The van der Waals surface area contributed by atoms with Gasteiger partial charge in [-0.05, 0) is 12.8 Å². The fourth-order valence-electron chi connectivity index (χ4n) is 1.33. The van der Waals surface area contributed by atoms with Crippen molar-refractivity contribution in [1.29, 1.82) is 0 Å². The van der Waals surface area contributed by atoms with E-state index >= 15 is 0 Å². The Hall–Kier alpha value is -0.710. The van der Waals surface area contributed by atoms with E-state index < -0.39 is 17.8 Å². The van der Waals surface area contributed by atoms with Gasteiger partial charge in [-0.15, -0.1) is 0 Å². The second-order valence-electron chi connectivity index (χ2n) is 3.03. The highest BCUT2D eigenvalue weighted by Gasteiger charge is 2.48. The summed E-state index contributed by atoms with van der Waals surface area (Å²) in [4.78, 5) is 10.7. The minimum Gasteiger partial charge on any atom is -0.465 e. The number of hydrogen-bond acceptors (Lipinski definition) is 3. The lowest BCUT2D eigenvalue weighted by atomic mass is 9.95. The fraction of sp³-hybridized carbons (Fsp3) is 0.875. The van der Waals surface area contributed by atoms with Crippen LogP contribution in [-0.2, 0) is 14.3 Å². The molecule has 5 heteroatoms.